The number of hydrazone groups is 1. The summed E-state index contributed by atoms with van der Waals surface area (Å²) in [4.78, 5) is 36.4. The minimum Gasteiger partial charge on any atom is -0.493 e. The van der Waals surface area contributed by atoms with Crippen LogP contribution in [0, 0.1) is 23.7 Å². The number of ether oxygens (including phenoxy) is 2. The fourth-order valence-corrected chi connectivity index (χ4v) is 4.69. The van der Waals surface area contributed by atoms with Crippen LogP contribution in [0.1, 0.15) is 18.9 Å². The number of hydrogen-bond acceptors (Lipinski definition) is 6. The first-order chi connectivity index (χ1) is 13.8. The number of carbonyl (C=O) groups is 3. The van der Waals surface area contributed by atoms with Gasteiger partial charge in [-0.2, -0.15) is 10.1 Å². The normalized spacial score (nSPS) is 28.3. The Morgan fingerprint density at radius 2 is 1.86 bits per heavy atom. The number of fused-ring (bicyclic) bond motifs is 5. The number of carboxylic acid groups (broad SMARTS) is 1. The van der Waals surface area contributed by atoms with Crippen molar-refractivity contribution in [1.82, 2.24) is 5.01 Å². The molecule has 29 heavy (non-hydrogen) atoms. The van der Waals surface area contributed by atoms with E-state index in [1.54, 1.807) is 12.1 Å². The second-order valence-corrected chi connectivity index (χ2v) is 8.21. The number of imide groups is 1. The summed E-state index contributed by atoms with van der Waals surface area (Å²) in [7, 11) is 1.43. The Kier molecular flexibility index (Phi) is 4.94. The van der Waals surface area contributed by atoms with E-state index < -0.39 is 12.1 Å². The largest absolute Gasteiger partial charge is 0.493 e. The number of halogens is 1. The fourth-order valence-electron chi connectivity index (χ4n) is 4.26. The van der Waals surface area contributed by atoms with Crippen LogP contribution in [0.15, 0.2) is 33.9 Å². The van der Waals surface area contributed by atoms with Gasteiger partial charge in [-0.05, 0) is 53.2 Å². The van der Waals surface area contributed by atoms with Gasteiger partial charge in [0, 0.05) is 10.0 Å². The average Bonchev–Trinajstić information content (AvgIpc) is 3.36. The van der Waals surface area contributed by atoms with Gasteiger partial charge in [0.2, 0.25) is 0 Å². The van der Waals surface area contributed by atoms with Crippen LogP contribution in [0.5, 0.6) is 11.5 Å². The molecule has 5 unspecified atom stereocenters. The molecule has 1 aromatic rings. The summed E-state index contributed by atoms with van der Waals surface area (Å²) in [5.74, 6) is -1.42. The van der Waals surface area contributed by atoms with Crippen molar-refractivity contribution in [2.75, 3.05) is 7.11 Å². The standard InChI is InChI=1S/C20H19BrN2O6/c1-9(20(26)27)29-15-7-13(21)12(6-14(15)28-2)8-22-23-18(24)16-10-3-4-11(5-10)17(16)19(23)25/h3-4,6-11,16-17H,5H2,1-2H3,(H,26,27). The Morgan fingerprint density at radius 1 is 1.24 bits per heavy atom. The van der Waals surface area contributed by atoms with Gasteiger partial charge >= 0.3 is 5.97 Å². The van der Waals surface area contributed by atoms with Gasteiger partial charge < -0.3 is 14.6 Å². The lowest BCUT2D eigenvalue weighted by Gasteiger charge is -2.15. The molecule has 1 aromatic carbocycles. The summed E-state index contributed by atoms with van der Waals surface area (Å²) in [6.45, 7) is 1.41. The molecule has 0 radical (unpaired) electrons. The zero-order chi connectivity index (χ0) is 20.9. The lowest BCUT2D eigenvalue weighted by atomic mass is 9.85. The molecule has 1 saturated heterocycles. The Morgan fingerprint density at radius 3 is 2.41 bits per heavy atom. The van der Waals surface area contributed by atoms with E-state index in [0.717, 1.165) is 11.4 Å². The Bertz CT molecular complexity index is 929. The molecule has 3 aliphatic rings. The summed E-state index contributed by atoms with van der Waals surface area (Å²) in [6.07, 6.45) is 5.27. The Hall–Kier alpha value is -2.68. The van der Waals surface area contributed by atoms with Crippen LogP contribution in [-0.4, -0.2) is 47.3 Å². The molecule has 2 fully saturated rings. The van der Waals surface area contributed by atoms with Crippen molar-refractivity contribution >= 4 is 39.9 Å². The Balaban J connectivity index is 1.57. The molecular weight excluding hydrogens is 444 g/mol. The summed E-state index contributed by atoms with van der Waals surface area (Å²) in [6, 6.07) is 3.15. The van der Waals surface area contributed by atoms with E-state index in [1.165, 1.54) is 20.2 Å². The van der Waals surface area contributed by atoms with E-state index in [9.17, 15) is 14.4 Å². The van der Waals surface area contributed by atoms with Crippen molar-refractivity contribution < 1.29 is 29.0 Å². The number of carbonyl (C=O) groups excluding carboxylic acids is 2. The summed E-state index contributed by atoms with van der Waals surface area (Å²) in [5.41, 5.74) is 0.552. The third kappa shape index (κ3) is 3.23. The van der Waals surface area contributed by atoms with Crippen molar-refractivity contribution in [2.24, 2.45) is 28.8 Å². The third-order valence-electron chi connectivity index (χ3n) is 5.69. The molecule has 1 aliphatic heterocycles. The monoisotopic (exact) mass is 462 g/mol. The molecule has 152 valence electrons. The highest BCUT2D eigenvalue weighted by Crippen LogP contribution is 2.52. The molecule has 0 spiro atoms. The van der Waals surface area contributed by atoms with Crippen molar-refractivity contribution in [3.8, 4) is 11.5 Å². The van der Waals surface area contributed by atoms with Crippen LogP contribution in [0.4, 0.5) is 0 Å². The van der Waals surface area contributed by atoms with Gasteiger partial charge in [-0.15, -0.1) is 0 Å². The minimum absolute atomic E-state index is 0.126. The highest BCUT2D eigenvalue weighted by atomic mass is 79.9. The molecular formula is C20H19BrN2O6. The molecule has 1 N–H and O–H groups in total. The molecule has 2 aliphatic carbocycles. The maximum atomic E-state index is 12.7. The number of rotatable bonds is 6. The zero-order valence-corrected chi connectivity index (χ0v) is 17.3. The van der Waals surface area contributed by atoms with Gasteiger partial charge in [-0.25, -0.2) is 4.79 Å². The number of benzene rings is 1. The minimum atomic E-state index is -1.10. The maximum absolute atomic E-state index is 12.7. The van der Waals surface area contributed by atoms with Gasteiger partial charge in [0.15, 0.2) is 17.6 Å². The van der Waals surface area contributed by atoms with Crippen LogP contribution in [0.3, 0.4) is 0 Å². The SMILES string of the molecule is COc1cc(C=NN2C(=O)C3C4C=CC(C4)C3C2=O)c(Br)cc1OC(C)C(=O)O. The summed E-state index contributed by atoms with van der Waals surface area (Å²) in [5, 5.41) is 14.1. The van der Waals surface area contributed by atoms with Gasteiger partial charge in [-0.1, -0.05) is 12.2 Å². The Labute approximate surface area is 175 Å². The number of hydrogen-bond donors (Lipinski definition) is 1. The molecule has 1 saturated carbocycles. The van der Waals surface area contributed by atoms with Crippen molar-refractivity contribution in [2.45, 2.75) is 19.4 Å². The number of allylic oxidation sites excluding steroid dienone is 2. The lowest BCUT2D eigenvalue weighted by molar-refractivity contribution is -0.144. The smallest absolute Gasteiger partial charge is 0.344 e. The first kappa shape index (κ1) is 19.6. The number of aliphatic carboxylic acids is 1. The second kappa shape index (κ2) is 7.29. The van der Waals surface area contributed by atoms with E-state index in [1.807, 2.05) is 12.2 Å². The lowest BCUT2D eigenvalue weighted by Crippen LogP contribution is -2.28. The van der Waals surface area contributed by atoms with Crippen molar-refractivity contribution in [3.05, 3.63) is 34.3 Å². The second-order valence-electron chi connectivity index (χ2n) is 7.36. The molecule has 1 heterocycles. The first-order valence-electron chi connectivity index (χ1n) is 9.19. The van der Waals surface area contributed by atoms with E-state index in [0.29, 0.717) is 15.8 Å². The van der Waals surface area contributed by atoms with Crippen LogP contribution in [0.25, 0.3) is 0 Å². The molecule has 2 amide bonds. The molecule has 5 atom stereocenters. The van der Waals surface area contributed by atoms with E-state index in [-0.39, 0.29) is 41.2 Å². The fraction of sp³-hybridized carbons (Fsp3) is 0.400. The van der Waals surface area contributed by atoms with Crippen molar-refractivity contribution in [1.29, 1.82) is 0 Å². The van der Waals surface area contributed by atoms with Gasteiger partial charge in [0.25, 0.3) is 11.8 Å². The summed E-state index contributed by atoms with van der Waals surface area (Å²) < 4.78 is 11.2. The zero-order valence-electron chi connectivity index (χ0n) is 15.7. The third-order valence-corrected chi connectivity index (χ3v) is 6.38. The van der Waals surface area contributed by atoms with E-state index >= 15 is 0 Å². The predicted molar refractivity (Wildman–Crippen MR) is 106 cm³/mol. The van der Waals surface area contributed by atoms with Crippen LogP contribution < -0.4 is 9.47 Å². The van der Waals surface area contributed by atoms with Gasteiger partial charge in [0.1, 0.15) is 0 Å². The predicted octanol–water partition coefficient (Wildman–Crippen LogP) is 2.45. The average molecular weight is 463 g/mol. The van der Waals surface area contributed by atoms with Crippen LogP contribution in [0.2, 0.25) is 0 Å². The number of nitrogens with zero attached hydrogens (tertiary/aromatic N) is 2. The molecule has 8 nitrogen and oxygen atoms in total. The van der Waals surface area contributed by atoms with Crippen LogP contribution >= 0.6 is 15.9 Å². The summed E-state index contributed by atoms with van der Waals surface area (Å²) >= 11 is 3.38. The number of amides is 2. The number of carboxylic acids is 1. The van der Waals surface area contributed by atoms with Crippen LogP contribution in [-0.2, 0) is 14.4 Å². The first-order valence-corrected chi connectivity index (χ1v) is 9.98. The number of methoxy groups -OCH3 is 1. The quantitative estimate of drug-likeness (QED) is 0.395. The highest BCUT2D eigenvalue weighted by molar-refractivity contribution is 9.10. The maximum Gasteiger partial charge on any atom is 0.344 e. The highest BCUT2D eigenvalue weighted by Gasteiger charge is 2.59. The van der Waals surface area contributed by atoms with Gasteiger partial charge in [0.05, 0.1) is 25.2 Å². The molecule has 9 heteroatoms. The van der Waals surface area contributed by atoms with E-state index in [4.69, 9.17) is 14.6 Å². The molecule has 4 rings (SSSR count). The molecule has 0 aromatic heterocycles. The van der Waals surface area contributed by atoms with E-state index in [2.05, 4.69) is 21.0 Å². The van der Waals surface area contributed by atoms with Gasteiger partial charge in [-0.3, -0.25) is 9.59 Å². The molecule has 2 bridgehead atoms. The van der Waals surface area contributed by atoms with Crippen molar-refractivity contribution in [3.63, 3.8) is 0 Å². The topological polar surface area (TPSA) is 106 Å².